The molecular formula is C18H19ClN2O3S. The van der Waals surface area contributed by atoms with E-state index in [2.05, 4.69) is 10.0 Å². The van der Waals surface area contributed by atoms with Gasteiger partial charge < -0.3 is 5.32 Å². The Bertz CT molecular complexity index is 877. The van der Waals surface area contributed by atoms with Gasteiger partial charge in [0.2, 0.25) is 15.9 Å². The van der Waals surface area contributed by atoms with E-state index in [4.69, 9.17) is 11.6 Å². The van der Waals surface area contributed by atoms with Gasteiger partial charge in [-0.15, -0.1) is 0 Å². The second kappa shape index (κ2) is 8.29. The van der Waals surface area contributed by atoms with E-state index in [0.29, 0.717) is 5.02 Å². The van der Waals surface area contributed by atoms with E-state index in [1.54, 1.807) is 30.3 Å². The summed E-state index contributed by atoms with van der Waals surface area (Å²) in [5.41, 5.74) is 1.64. The molecular weight excluding hydrogens is 360 g/mol. The van der Waals surface area contributed by atoms with E-state index in [1.807, 2.05) is 19.1 Å². The van der Waals surface area contributed by atoms with E-state index < -0.39 is 10.0 Å². The van der Waals surface area contributed by atoms with Gasteiger partial charge in [-0.1, -0.05) is 35.9 Å². The van der Waals surface area contributed by atoms with Gasteiger partial charge in [-0.25, -0.2) is 13.1 Å². The van der Waals surface area contributed by atoms with Crippen LogP contribution in [0.5, 0.6) is 0 Å². The minimum absolute atomic E-state index is 0.172. The highest BCUT2D eigenvalue weighted by Crippen LogP contribution is 2.17. The first-order valence-corrected chi connectivity index (χ1v) is 9.45. The van der Waals surface area contributed by atoms with Crippen molar-refractivity contribution >= 4 is 33.6 Å². The normalized spacial score (nSPS) is 12.9. The molecule has 7 heteroatoms. The number of hydrogen-bond acceptors (Lipinski definition) is 3. The zero-order valence-electron chi connectivity index (χ0n) is 13.9. The van der Waals surface area contributed by atoms with Crippen molar-refractivity contribution in [2.75, 3.05) is 7.05 Å². The molecule has 2 aromatic carbocycles. The highest BCUT2D eigenvalue weighted by atomic mass is 35.5. The third kappa shape index (κ3) is 5.42. The maximum Gasteiger partial charge on any atom is 0.244 e. The lowest BCUT2D eigenvalue weighted by Gasteiger charge is -2.13. The third-order valence-electron chi connectivity index (χ3n) is 3.59. The van der Waals surface area contributed by atoms with Crippen molar-refractivity contribution in [3.8, 4) is 0 Å². The zero-order valence-corrected chi connectivity index (χ0v) is 15.4. The molecule has 0 bridgehead atoms. The SMILES string of the molecule is CNS(=O)(=O)c1ccc(/C=C/C(=O)NC(C)c2cccc(Cl)c2)cc1. The topological polar surface area (TPSA) is 75.3 Å². The summed E-state index contributed by atoms with van der Waals surface area (Å²) < 4.78 is 25.6. The maximum absolute atomic E-state index is 12.0. The van der Waals surface area contributed by atoms with E-state index in [1.165, 1.54) is 25.3 Å². The van der Waals surface area contributed by atoms with Gasteiger partial charge in [0.1, 0.15) is 0 Å². The Hall–Kier alpha value is -2.15. The number of nitrogens with one attached hydrogen (secondary N) is 2. The number of carbonyl (C=O) groups is 1. The number of rotatable bonds is 6. The molecule has 1 amide bonds. The quantitative estimate of drug-likeness (QED) is 0.758. The molecule has 132 valence electrons. The molecule has 0 spiro atoms. The molecule has 0 saturated heterocycles. The molecule has 1 atom stereocenters. The van der Waals surface area contributed by atoms with Crippen molar-refractivity contribution in [2.45, 2.75) is 17.9 Å². The largest absolute Gasteiger partial charge is 0.346 e. The standard InChI is InChI=1S/C18H19ClN2O3S/c1-13(15-4-3-5-16(19)12-15)21-18(22)11-8-14-6-9-17(10-7-14)25(23,24)20-2/h3-13,20H,1-2H3,(H,21,22)/b11-8+. The predicted molar refractivity (Wildman–Crippen MR) is 99.7 cm³/mol. The van der Waals surface area contributed by atoms with Crippen molar-refractivity contribution in [1.82, 2.24) is 10.0 Å². The van der Waals surface area contributed by atoms with Crippen molar-refractivity contribution in [3.63, 3.8) is 0 Å². The minimum atomic E-state index is -3.46. The Kier molecular flexibility index (Phi) is 6.36. The average molecular weight is 379 g/mol. The van der Waals surface area contributed by atoms with Gasteiger partial charge in [0.05, 0.1) is 10.9 Å². The summed E-state index contributed by atoms with van der Waals surface area (Å²) in [6, 6.07) is 13.4. The summed E-state index contributed by atoms with van der Waals surface area (Å²) in [5.74, 6) is -0.251. The molecule has 2 aromatic rings. The van der Waals surface area contributed by atoms with Crippen LogP contribution in [0.1, 0.15) is 24.1 Å². The molecule has 0 heterocycles. The molecule has 0 fully saturated rings. The average Bonchev–Trinajstić information content (AvgIpc) is 2.60. The van der Waals surface area contributed by atoms with Crippen molar-refractivity contribution < 1.29 is 13.2 Å². The van der Waals surface area contributed by atoms with Crippen molar-refractivity contribution in [2.24, 2.45) is 0 Å². The van der Waals surface area contributed by atoms with Crippen LogP contribution in [0.25, 0.3) is 6.08 Å². The Balaban J connectivity index is 2.00. The van der Waals surface area contributed by atoms with Crippen LogP contribution in [0.15, 0.2) is 59.5 Å². The van der Waals surface area contributed by atoms with Crippen LogP contribution >= 0.6 is 11.6 Å². The van der Waals surface area contributed by atoms with Gasteiger partial charge in [-0.3, -0.25) is 4.79 Å². The fourth-order valence-corrected chi connectivity index (χ4v) is 3.10. The first-order valence-electron chi connectivity index (χ1n) is 7.59. The van der Waals surface area contributed by atoms with Crippen LogP contribution < -0.4 is 10.0 Å². The second-order valence-electron chi connectivity index (χ2n) is 5.40. The second-order valence-corrected chi connectivity index (χ2v) is 7.72. The van der Waals surface area contributed by atoms with Gasteiger partial charge in [-0.2, -0.15) is 0 Å². The van der Waals surface area contributed by atoms with Gasteiger partial charge in [0.25, 0.3) is 0 Å². The summed E-state index contributed by atoms with van der Waals surface area (Å²) in [5, 5.41) is 3.46. The number of amides is 1. The van der Waals surface area contributed by atoms with E-state index in [9.17, 15) is 13.2 Å². The van der Waals surface area contributed by atoms with Crippen LogP contribution in [-0.4, -0.2) is 21.4 Å². The molecule has 2 N–H and O–H groups in total. The molecule has 0 aliphatic carbocycles. The molecule has 1 unspecified atom stereocenters. The number of benzene rings is 2. The lowest BCUT2D eigenvalue weighted by molar-refractivity contribution is -0.117. The summed E-state index contributed by atoms with van der Waals surface area (Å²) in [6.45, 7) is 1.87. The van der Waals surface area contributed by atoms with Crippen LogP contribution in [0.2, 0.25) is 5.02 Å². The molecule has 5 nitrogen and oxygen atoms in total. The monoisotopic (exact) mass is 378 g/mol. The molecule has 0 aliphatic heterocycles. The molecule has 0 aromatic heterocycles. The van der Waals surface area contributed by atoms with Gasteiger partial charge in [0.15, 0.2) is 0 Å². The summed E-state index contributed by atoms with van der Waals surface area (Å²) >= 11 is 5.95. The molecule has 0 saturated carbocycles. The van der Waals surface area contributed by atoms with Crippen LogP contribution in [-0.2, 0) is 14.8 Å². The van der Waals surface area contributed by atoms with Crippen molar-refractivity contribution in [1.29, 1.82) is 0 Å². The number of hydrogen-bond donors (Lipinski definition) is 2. The zero-order chi connectivity index (χ0) is 18.4. The first-order chi connectivity index (χ1) is 11.8. The molecule has 0 aliphatic rings. The number of carbonyl (C=O) groups excluding carboxylic acids is 1. The summed E-state index contributed by atoms with van der Waals surface area (Å²) in [7, 11) is -2.10. The predicted octanol–water partition coefficient (Wildman–Crippen LogP) is 3.14. The number of sulfonamides is 1. The smallest absolute Gasteiger partial charge is 0.244 e. The Morgan fingerprint density at radius 1 is 1.16 bits per heavy atom. The Morgan fingerprint density at radius 3 is 2.44 bits per heavy atom. The van der Waals surface area contributed by atoms with Crippen LogP contribution in [0.4, 0.5) is 0 Å². The van der Waals surface area contributed by atoms with E-state index in [0.717, 1.165) is 11.1 Å². The van der Waals surface area contributed by atoms with Gasteiger partial charge in [0, 0.05) is 11.1 Å². The van der Waals surface area contributed by atoms with E-state index >= 15 is 0 Å². The Morgan fingerprint density at radius 2 is 1.84 bits per heavy atom. The highest BCUT2D eigenvalue weighted by molar-refractivity contribution is 7.89. The van der Waals surface area contributed by atoms with E-state index in [-0.39, 0.29) is 16.8 Å². The highest BCUT2D eigenvalue weighted by Gasteiger charge is 2.10. The minimum Gasteiger partial charge on any atom is -0.346 e. The summed E-state index contributed by atoms with van der Waals surface area (Å²) in [6.07, 6.45) is 3.03. The van der Waals surface area contributed by atoms with Gasteiger partial charge >= 0.3 is 0 Å². The third-order valence-corrected chi connectivity index (χ3v) is 5.26. The molecule has 0 radical (unpaired) electrons. The molecule has 25 heavy (non-hydrogen) atoms. The van der Waals surface area contributed by atoms with Crippen LogP contribution in [0.3, 0.4) is 0 Å². The Labute approximate surface area is 152 Å². The fraction of sp³-hybridized carbons (Fsp3) is 0.167. The molecule has 2 rings (SSSR count). The van der Waals surface area contributed by atoms with Gasteiger partial charge in [-0.05, 0) is 55.4 Å². The first kappa shape index (κ1) is 19.2. The lowest BCUT2D eigenvalue weighted by Crippen LogP contribution is -2.24. The lowest BCUT2D eigenvalue weighted by atomic mass is 10.1. The fourth-order valence-electron chi connectivity index (χ4n) is 2.17. The van der Waals surface area contributed by atoms with Crippen molar-refractivity contribution in [3.05, 3.63) is 70.8 Å². The van der Waals surface area contributed by atoms with Crippen LogP contribution in [0, 0.1) is 0 Å². The number of halogens is 1. The summed E-state index contributed by atoms with van der Waals surface area (Å²) in [4.78, 5) is 12.2. The maximum atomic E-state index is 12.0.